The number of hydrogen-bond donors (Lipinski definition) is 1. The second kappa shape index (κ2) is 10.2. The summed E-state index contributed by atoms with van der Waals surface area (Å²) in [6.07, 6.45) is 4.87. The van der Waals surface area contributed by atoms with E-state index in [1.54, 1.807) is 6.26 Å². The van der Waals surface area contributed by atoms with E-state index in [4.69, 9.17) is 16.0 Å². The molecule has 2 aliphatic rings. The molecular weight excluding hydrogens is 462 g/mol. The van der Waals surface area contributed by atoms with Gasteiger partial charge in [0.15, 0.2) is 0 Å². The van der Waals surface area contributed by atoms with Crippen molar-refractivity contribution in [2.45, 2.75) is 44.0 Å². The Hall–Kier alpha value is -1.87. The van der Waals surface area contributed by atoms with Crippen molar-refractivity contribution in [3.05, 3.63) is 52.9 Å². The van der Waals surface area contributed by atoms with Gasteiger partial charge in [-0.2, -0.15) is 4.31 Å². The van der Waals surface area contributed by atoms with Gasteiger partial charge in [-0.1, -0.05) is 25.4 Å². The number of nitrogens with zero attached hydrogens (tertiary/aromatic N) is 2. The Balaban J connectivity index is 1.51. The first-order valence-electron chi connectivity index (χ1n) is 11.6. The lowest BCUT2D eigenvalue weighted by molar-refractivity contribution is 0.0933. The number of benzene rings is 1. The van der Waals surface area contributed by atoms with E-state index in [9.17, 15) is 13.2 Å². The molecule has 0 radical (unpaired) electrons. The summed E-state index contributed by atoms with van der Waals surface area (Å²) in [5, 5.41) is 3.17. The molecule has 0 unspecified atom stereocenters. The predicted octanol–water partition coefficient (Wildman–Crippen LogP) is 4.17. The smallest absolute Gasteiger partial charge is 0.252 e. The van der Waals surface area contributed by atoms with Gasteiger partial charge in [-0.25, -0.2) is 8.42 Å². The maximum absolute atomic E-state index is 13.3. The highest BCUT2D eigenvalue weighted by Gasteiger charge is 2.32. The van der Waals surface area contributed by atoms with Crippen molar-refractivity contribution >= 4 is 27.5 Å². The number of furan rings is 1. The Morgan fingerprint density at radius 2 is 1.88 bits per heavy atom. The Morgan fingerprint density at radius 1 is 1.18 bits per heavy atom. The maximum atomic E-state index is 13.3. The molecule has 0 saturated carbocycles. The molecule has 180 valence electrons. The van der Waals surface area contributed by atoms with Gasteiger partial charge in [0.05, 0.1) is 27.8 Å². The number of hydrogen-bond acceptors (Lipinski definition) is 5. The van der Waals surface area contributed by atoms with Crippen LogP contribution in [-0.2, 0) is 10.0 Å². The summed E-state index contributed by atoms with van der Waals surface area (Å²) >= 11 is 6.32. The van der Waals surface area contributed by atoms with Crippen molar-refractivity contribution in [3.63, 3.8) is 0 Å². The fourth-order valence-electron chi connectivity index (χ4n) is 5.02. The summed E-state index contributed by atoms with van der Waals surface area (Å²) in [4.78, 5) is 15.5. The van der Waals surface area contributed by atoms with Crippen molar-refractivity contribution in [2.24, 2.45) is 11.8 Å². The maximum Gasteiger partial charge on any atom is 0.252 e. The zero-order valence-corrected chi connectivity index (χ0v) is 20.7. The summed E-state index contributed by atoms with van der Waals surface area (Å²) in [6.45, 7) is 7.34. The Morgan fingerprint density at radius 3 is 2.52 bits per heavy atom. The quantitative estimate of drug-likeness (QED) is 0.626. The molecule has 2 aliphatic heterocycles. The van der Waals surface area contributed by atoms with Gasteiger partial charge in [-0.05, 0) is 74.5 Å². The third-order valence-electron chi connectivity index (χ3n) is 6.56. The lowest BCUT2D eigenvalue weighted by atomic mass is 9.94. The molecule has 2 aromatic rings. The fraction of sp³-hybridized carbons (Fsp3) is 0.542. The summed E-state index contributed by atoms with van der Waals surface area (Å²) < 4.78 is 33.7. The van der Waals surface area contributed by atoms with E-state index >= 15 is 0 Å². The molecule has 1 N–H and O–H groups in total. The Kier molecular flexibility index (Phi) is 7.48. The molecule has 3 atom stereocenters. The molecule has 1 amide bonds. The molecule has 0 bridgehead atoms. The number of carbonyl (C=O) groups excluding carboxylic acids is 1. The molecule has 4 rings (SSSR count). The number of carbonyl (C=O) groups is 1. The second-order valence-corrected chi connectivity index (χ2v) is 11.7. The second-order valence-electron chi connectivity index (χ2n) is 9.39. The fourth-order valence-corrected chi connectivity index (χ4v) is 6.93. The molecule has 7 nitrogen and oxygen atoms in total. The number of nitrogens with one attached hydrogen (secondary N) is 1. The lowest BCUT2D eigenvalue weighted by Crippen LogP contribution is -2.42. The van der Waals surface area contributed by atoms with E-state index in [1.807, 2.05) is 12.1 Å². The number of sulfonamides is 1. The first kappa shape index (κ1) is 24.3. The van der Waals surface area contributed by atoms with Crippen molar-refractivity contribution in [1.82, 2.24) is 14.5 Å². The Labute approximate surface area is 201 Å². The van der Waals surface area contributed by atoms with Crippen molar-refractivity contribution in [3.8, 4) is 0 Å². The van der Waals surface area contributed by atoms with E-state index < -0.39 is 15.9 Å². The molecule has 9 heteroatoms. The van der Waals surface area contributed by atoms with Gasteiger partial charge in [-0.3, -0.25) is 9.69 Å². The average molecular weight is 494 g/mol. The standard InChI is InChI=1S/C24H32ClN3O4S/c1-17-12-18(2)16-28(15-17)33(30,31)19-7-8-21(25)20(13-19)24(29)26-14-22(23-6-5-11-32-23)27-9-3-4-10-27/h5-8,11,13,17-18,22H,3-4,9-10,12,14-16H2,1-2H3,(H,26,29)/t17-,18+,22-/m0/s1. The SMILES string of the molecule is C[C@@H]1C[C@H](C)CN(S(=O)(=O)c2ccc(Cl)c(C(=O)NC[C@@H](c3ccco3)N3CCCC3)c2)C1. The topological polar surface area (TPSA) is 82.9 Å². The molecule has 0 spiro atoms. The number of likely N-dealkylation sites (tertiary alicyclic amines) is 1. The van der Waals surface area contributed by atoms with Gasteiger partial charge in [0.2, 0.25) is 10.0 Å². The van der Waals surface area contributed by atoms with E-state index in [0.29, 0.717) is 31.5 Å². The third-order valence-corrected chi connectivity index (χ3v) is 8.72. The summed E-state index contributed by atoms with van der Waals surface area (Å²) in [5.74, 6) is 0.992. The van der Waals surface area contributed by atoms with E-state index in [0.717, 1.165) is 38.1 Å². The van der Waals surface area contributed by atoms with Gasteiger partial charge < -0.3 is 9.73 Å². The van der Waals surface area contributed by atoms with Crippen LogP contribution >= 0.6 is 11.6 Å². The lowest BCUT2D eigenvalue weighted by Gasteiger charge is -2.34. The summed E-state index contributed by atoms with van der Waals surface area (Å²) in [7, 11) is -3.71. The number of piperidine rings is 1. The van der Waals surface area contributed by atoms with Crippen LogP contribution in [0, 0.1) is 11.8 Å². The third kappa shape index (κ3) is 5.45. The number of amides is 1. The van der Waals surface area contributed by atoms with Crippen LogP contribution in [0.2, 0.25) is 5.02 Å². The zero-order chi connectivity index (χ0) is 23.6. The first-order valence-corrected chi connectivity index (χ1v) is 13.4. The highest BCUT2D eigenvalue weighted by Crippen LogP contribution is 2.29. The normalized spacial score (nSPS) is 23.5. The Bertz CT molecular complexity index is 1060. The molecule has 1 aromatic carbocycles. The van der Waals surface area contributed by atoms with Gasteiger partial charge in [-0.15, -0.1) is 0 Å². The van der Waals surface area contributed by atoms with Gasteiger partial charge in [0.25, 0.3) is 5.91 Å². The largest absolute Gasteiger partial charge is 0.468 e. The van der Waals surface area contributed by atoms with Crippen LogP contribution < -0.4 is 5.32 Å². The van der Waals surface area contributed by atoms with Crippen LogP contribution in [0.15, 0.2) is 45.9 Å². The van der Waals surface area contributed by atoms with E-state index in [-0.39, 0.29) is 21.5 Å². The molecule has 33 heavy (non-hydrogen) atoms. The van der Waals surface area contributed by atoms with Gasteiger partial charge in [0.1, 0.15) is 5.76 Å². The van der Waals surface area contributed by atoms with Gasteiger partial charge >= 0.3 is 0 Å². The van der Waals surface area contributed by atoms with Crippen LogP contribution in [0.3, 0.4) is 0 Å². The van der Waals surface area contributed by atoms with Crippen LogP contribution in [0.1, 0.15) is 55.3 Å². The van der Waals surface area contributed by atoms with E-state index in [2.05, 4.69) is 24.1 Å². The average Bonchev–Trinajstić information content (AvgIpc) is 3.48. The minimum absolute atomic E-state index is 0.0755. The minimum Gasteiger partial charge on any atom is -0.468 e. The van der Waals surface area contributed by atoms with Crippen molar-refractivity contribution in [2.75, 3.05) is 32.7 Å². The predicted molar refractivity (Wildman–Crippen MR) is 128 cm³/mol. The van der Waals surface area contributed by atoms with Crippen LogP contribution in [0.25, 0.3) is 0 Å². The number of rotatable bonds is 7. The van der Waals surface area contributed by atoms with Crippen molar-refractivity contribution in [1.29, 1.82) is 0 Å². The molecule has 1 aromatic heterocycles. The number of halogens is 1. The molecular formula is C24H32ClN3O4S. The van der Waals surface area contributed by atoms with Gasteiger partial charge in [0, 0.05) is 19.6 Å². The first-order chi connectivity index (χ1) is 15.8. The molecule has 0 aliphatic carbocycles. The highest BCUT2D eigenvalue weighted by molar-refractivity contribution is 7.89. The molecule has 2 saturated heterocycles. The van der Waals surface area contributed by atoms with Crippen molar-refractivity contribution < 1.29 is 17.6 Å². The minimum atomic E-state index is -3.71. The van der Waals surface area contributed by atoms with Crippen LogP contribution in [0.5, 0.6) is 0 Å². The molecule has 2 fully saturated rings. The van der Waals surface area contributed by atoms with Crippen LogP contribution in [0.4, 0.5) is 0 Å². The monoisotopic (exact) mass is 493 g/mol. The summed E-state index contributed by atoms with van der Waals surface area (Å²) in [5.41, 5.74) is 0.162. The molecule has 3 heterocycles. The summed E-state index contributed by atoms with van der Waals surface area (Å²) in [6, 6.07) is 8.05. The highest BCUT2D eigenvalue weighted by atomic mass is 35.5. The van der Waals surface area contributed by atoms with Crippen LogP contribution in [-0.4, -0.2) is 56.3 Å². The van der Waals surface area contributed by atoms with E-state index in [1.165, 1.54) is 22.5 Å². The zero-order valence-electron chi connectivity index (χ0n) is 19.2.